The van der Waals surface area contributed by atoms with Crippen molar-refractivity contribution in [3.63, 3.8) is 0 Å². The lowest BCUT2D eigenvalue weighted by atomic mass is 10.1. The fourth-order valence-electron chi connectivity index (χ4n) is 3.26. The number of benzene rings is 2. The van der Waals surface area contributed by atoms with Crippen molar-refractivity contribution in [2.75, 3.05) is 18.6 Å². The molecule has 0 aliphatic carbocycles. The van der Waals surface area contributed by atoms with Gasteiger partial charge in [-0.05, 0) is 37.0 Å². The highest BCUT2D eigenvalue weighted by atomic mass is 32.2. The summed E-state index contributed by atoms with van der Waals surface area (Å²) in [6, 6.07) is 17.9. The largest absolute Gasteiger partial charge is 0.354 e. The molecule has 27 heavy (non-hydrogen) atoms. The van der Waals surface area contributed by atoms with Crippen LogP contribution in [0.5, 0.6) is 0 Å². The summed E-state index contributed by atoms with van der Waals surface area (Å²) in [6.07, 6.45) is 4.92. The van der Waals surface area contributed by atoms with Crippen LogP contribution in [0, 0.1) is 0 Å². The third kappa shape index (κ3) is 4.53. The Morgan fingerprint density at radius 3 is 2.63 bits per heavy atom. The van der Waals surface area contributed by atoms with Gasteiger partial charge in [-0.15, -0.1) is 0 Å². The number of aromatic nitrogens is 2. The standard InChI is InChI=1S/C22H27N3OS/c1-3-4-15-23-22(26)20(14-16-27-2)25-19-13-9-8-12-18(19)24-21(25)17-10-6-5-7-11-17/h5-13,20H,3-4,14-16H2,1-2H3,(H,23,26). The highest BCUT2D eigenvalue weighted by Crippen LogP contribution is 2.30. The van der Waals surface area contributed by atoms with E-state index in [1.807, 2.05) is 36.4 Å². The van der Waals surface area contributed by atoms with Crippen LogP contribution in [0.15, 0.2) is 54.6 Å². The number of hydrogen-bond donors (Lipinski definition) is 1. The van der Waals surface area contributed by atoms with Crippen molar-refractivity contribution in [1.82, 2.24) is 14.9 Å². The molecule has 1 heterocycles. The Kier molecular flexibility index (Phi) is 6.93. The van der Waals surface area contributed by atoms with Crippen LogP contribution >= 0.6 is 11.8 Å². The monoisotopic (exact) mass is 381 g/mol. The first-order valence-corrected chi connectivity index (χ1v) is 10.9. The van der Waals surface area contributed by atoms with Crippen LogP contribution in [0.4, 0.5) is 0 Å². The molecule has 1 atom stereocenters. The highest BCUT2D eigenvalue weighted by Gasteiger charge is 2.25. The Morgan fingerprint density at radius 1 is 1.15 bits per heavy atom. The van der Waals surface area contributed by atoms with E-state index in [9.17, 15) is 4.79 Å². The van der Waals surface area contributed by atoms with Gasteiger partial charge in [0, 0.05) is 12.1 Å². The van der Waals surface area contributed by atoms with Crippen molar-refractivity contribution >= 4 is 28.7 Å². The molecule has 1 aromatic heterocycles. The molecule has 4 nitrogen and oxygen atoms in total. The maximum Gasteiger partial charge on any atom is 0.243 e. The second-order valence-electron chi connectivity index (χ2n) is 6.60. The number of hydrogen-bond acceptors (Lipinski definition) is 3. The van der Waals surface area contributed by atoms with E-state index in [0.29, 0.717) is 0 Å². The van der Waals surface area contributed by atoms with E-state index in [0.717, 1.165) is 54.0 Å². The normalized spacial score (nSPS) is 12.2. The minimum atomic E-state index is -0.267. The number of nitrogens with one attached hydrogen (secondary N) is 1. The lowest BCUT2D eigenvalue weighted by Crippen LogP contribution is -2.34. The molecular formula is C22H27N3OS. The Balaban J connectivity index is 2.08. The summed E-state index contributed by atoms with van der Waals surface area (Å²) in [5, 5.41) is 3.13. The molecular weight excluding hydrogens is 354 g/mol. The molecule has 2 aromatic carbocycles. The molecule has 0 bridgehead atoms. The maximum atomic E-state index is 13.1. The van der Waals surface area contributed by atoms with Gasteiger partial charge in [-0.1, -0.05) is 55.8 Å². The number of carbonyl (C=O) groups excluding carboxylic acids is 1. The molecule has 0 fully saturated rings. The third-order valence-electron chi connectivity index (χ3n) is 4.67. The van der Waals surface area contributed by atoms with Crippen molar-refractivity contribution in [3.05, 3.63) is 54.6 Å². The number of unbranched alkanes of at least 4 members (excludes halogenated alkanes) is 1. The molecule has 0 radical (unpaired) electrons. The van der Waals surface area contributed by atoms with E-state index in [-0.39, 0.29) is 11.9 Å². The quantitative estimate of drug-likeness (QED) is 0.536. The third-order valence-corrected chi connectivity index (χ3v) is 5.31. The zero-order valence-corrected chi connectivity index (χ0v) is 16.8. The van der Waals surface area contributed by atoms with E-state index < -0.39 is 0 Å². The Bertz CT molecular complexity index is 876. The molecule has 5 heteroatoms. The molecule has 3 aromatic rings. The zero-order valence-electron chi connectivity index (χ0n) is 16.0. The van der Waals surface area contributed by atoms with Crippen LogP contribution < -0.4 is 5.32 Å². The van der Waals surface area contributed by atoms with Crippen molar-refractivity contribution in [3.8, 4) is 11.4 Å². The summed E-state index contributed by atoms with van der Waals surface area (Å²) in [5.74, 6) is 1.86. The average Bonchev–Trinajstić information content (AvgIpc) is 3.09. The number of nitrogens with zero attached hydrogens (tertiary/aromatic N) is 2. The smallest absolute Gasteiger partial charge is 0.243 e. The van der Waals surface area contributed by atoms with E-state index in [1.165, 1.54) is 0 Å². The lowest BCUT2D eigenvalue weighted by Gasteiger charge is -2.21. The molecule has 142 valence electrons. The van der Waals surface area contributed by atoms with Crippen LogP contribution in [0.2, 0.25) is 0 Å². The Hall–Kier alpha value is -2.27. The van der Waals surface area contributed by atoms with Gasteiger partial charge in [0.15, 0.2) is 0 Å². The van der Waals surface area contributed by atoms with Gasteiger partial charge in [0.05, 0.1) is 11.0 Å². The second kappa shape index (κ2) is 9.60. The van der Waals surface area contributed by atoms with Crippen LogP contribution in [0.3, 0.4) is 0 Å². The van der Waals surface area contributed by atoms with Gasteiger partial charge in [-0.25, -0.2) is 4.98 Å². The first kappa shape index (κ1) is 19.5. The number of para-hydroxylation sites is 2. The van der Waals surface area contributed by atoms with E-state index in [4.69, 9.17) is 4.98 Å². The number of fused-ring (bicyclic) bond motifs is 1. The number of thioether (sulfide) groups is 1. The van der Waals surface area contributed by atoms with Gasteiger partial charge < -0.3 is 9.88 Å². The Morgan fingerprint density at radius 2 is 1.89 bits per heavy atom. The van der Waals surface area contributed by atoms with Gasteiger partial charge >= 0.3 is 0 Å². The molecule has 0 spiro atoms. The Labute approximate surface area is 165 Å². The molecule has 0 saturated carbocycles. The van der Waals surface area contributed by atoms with Gasteiger partial charge in [-0.3, -0.25) is 4.79 Å². The van der Waals surface area contributed by atoms with E-state index >= 15 is 0 Å². The summed E-state index contributed by atoms with van der Waals surface area (Å²) in [5.41, 5.74) is 2.96. The average molecular weight is 382 g/mol. The van der Waals surface area contributed by atoms with Crippen molar-refractivity contribution in [2.24, 2.45) is 0 Å². The predicted molar refractivity (Wildman–Crippen MR) is 115 cm³/mol. The van der Waals surface area contributed by atoms with E-state index in [2.05, 4.69) is 41.3 Å². The molecule has 0 aliphatic heterocycles. The number of rotatable bonds is 9. The number of amides is 1. The van der Waals surface area contributed by atoms with Gasteiger partial charge in [-0.2, -0.15) is 11.8 Å². The summed E-state index contributed by atoms with van der Waals surface area (Å²) < 4.78 is 2.13. The van der Waals surface area contributed by atoms with Crippen LogP contribution in [0.25, 0.3) is 22.4 Å². The van der Waals surface area contributed by atoms with Crippen LogP contribution in [-0.4, -0.2) is 34.0 Å². The molecule has 1 N–H and O–H groups in total. The maximum absolute atomic E-state index is 13.1. The highest BCUT2D eigenvalue weighted by molar-refractivity contribution is 7.98. The van der Waals surface area contributed by atoms with Gasteiger partial charge in [0.1, 0.15) is 11.9 Å². The number of imidazole rings is 1. The number of carbonyl (C=O) groups is 1. The summed E-state index contributed by atoms with van der Waals surface area (Å²) in [7, 11) is 0. The predicted octanol–water partition coefficient (Wildman–Crippen LogP) is 4.91. The molecule has 1 unspecified atom stereocenters. The van der Waals surface area contributed by atoms with Gasteiger partial charge in [0.2, 0.25) is 5.91 Å². The van der Waals surface area contributed by atoms with Crippen LogP contribution in [-0.2, 0) is 4.79 Å². The first-order chi connectivity index (χ1) is 13.3. The summed E-state index contributed by atoms with van der Waals surface area (Å²) in [6.45, 7) is 2.85. The second-order valence-corrected chi connectivity index (χ2v) is 7.59. The van der Waals surface area contributed by atoms with Crippen molar-refractivity contribution < 1.29 is 4.79 Å². The van der Waals surface area contributed by atoms with Crippen molar-refractivity contribution in [2.45, 2.75) is 32.2 Å². The first-order valence-electron chi connectivity index (χ1n) is 9.55. The molecule has 3 rings (SSSR count). The molecule has 0 saturated heterocycles. The summed E-state index contributed by atoms with van der Waals surface area (Å²) >= 11 is 1.77. The van der Waals surface area contributed by atoms with Gasteiger partial charge in [0.25, 0.3) is 0 Å². The fraction of sp³-hybridized carbons (Fsp3) is 0.364. The lowest BCUT2D eigenvalue weighted by molar-refractivity contribution is -0.124. The minimum absolute atomic E-state index is 0.0813. The van der Waals surface area contributed by atoms with E-state index in [1.54, 1.807) is 11.8 Å². The SMILES string of the molecule is CCCCNC(=O)C(CCSC)n1c(-c2ccccc2)nc2ccccc21. The minimum Gasteiger partial charge on any atom is -0.354 e. The topological polar surface area (TPSA) is 46.9 Å². The molecule has 0 aliphatic rings. The summed E-state index contributed by atoms with van der Waals surface area (Å²) in [4.78, 5) is 17.9. The molecule has 1 amide bonds. The van der Waals surface area contributed by atoms with Crippen molar-refractivity contribution in [1.29, 1.82) is 0 Å². The zero-order chi connectivity index (χ0) is 19.1. The van der Waals surface area contributed by atoms with Crippen LogP contribution in [0.1, 0.15) is 32.2 Å². The fourth-order valence-corrected chi connectivity index (χ4v) is 3.72.